The van der Waals surface area contributed by atoms with Crippen LogP contribution in [0.25, 0.3) is 11.2 Å². The van der Waals surface area contributed by atoms with Crippen LogP contribution in [0.2, 0.25) is 0 Å². The van der Waals surface area contributed by atoms with Crippen LogP contribution in [-0.4, -0.2) is 72.0 Å². The third-order valence-electron chi connectivity index (χ3n) is 4.64. The number of aliphatic hydroxyl groups excluding tert-OH is 2. The minimum Gasteiger partial charge on any atom is -0.395 e. The van der Waals surface area contributed by atoms with Crippen molar-refractivity contribution < 1.29 is 10.2 Å². The quantitative estimate of drug-likeness (QED) is 0.622. The van der Waals surface area contributed by atoms with E-state index in [4.69, 9.17) is 0 Å². The Morgan fingerprint density at radius 2 is 2.04 bits per heavy atom. The van der Waals surface area contributed by atoms with Gasteiger partial charge in [0.15, 0.2) is 11.2 Å². The maximum absolute atomic E-state index is 12.4. The Labute approximate surface area is 161 Å². The van der Waals surface area contributed by atoms with Gasteiger partial charge in [-0.2, -0.15) is 0 Å². The smallest absolute Gasteiger partial charge is 0.332 e. The molecule has 0 fully saturated rings. The maximum atomic E-state index is 12.4. The zero-order valence-corrected chi connectivity index (χ0v) is 16.2. The van der Waals surface area contributed by atoms with E-state index in [9.17, 15) is 19.8 Å². The Bertz CT molecular complexity index is 947. The molecule has 1 unspecified atom stereocenters. The summed E-state index contributed by atoms with van der Waals surface area (Å²) < 4.78 is 3.90. The molecule has 27 heavy (non-hydrogen) atoms. The van der Waals surface area contributed by atoms with Gasteiger partial charge < -0.3 is 19.7 Å². The van der Waals surface area contributed by atoms with Gasteiger partial charge in [0.25, 0.3) is 5.56 Å². The number of halogens is 1. The van der Waals surface area contributed by atoms with Gasteiger partial charge in [0.1, 0.15) is 0 Å². The standard InChI is InChI=1S/C16H24N6O4.ClH/c1-19-14-13(15(25)20(2)16(19)26)22(10-18-14)9-11(24)8-21(6-7-23)12-4-3-5-17-12;/h10-11,23-24H,3-9H2,1-2H3;1H. The van der Waals surface area contributed by atoms with Crippen LogP contribution in [0.5, 0.6) is 0 Å². The molecule has 2 aromatic heterocycles. The minimum absolute atomic E-state index is 0. The van der Waals surface area contributed by atoms with E-state index >= 15 is 0 Å². The fourth-order valence-corrected chi connectivity index (χ4v) is 3.30. The van der Waals surface area contributed by atoms with Crippen molar-refractivity contribution in [3.8, 4) is 0 Å². The lowest BCUT2D eigenvalue weighted by atomic mass is 10.2. The number of imidazole rings is 1. The molecule has 1 aliphatic heterocycles. The summed E-state index contributed by atoms with van der Waals surface area (Å²) >= 11 is 0. The summed E-state index contributed by atoms with van der Waals surface area (Å²) in [5.74, 6) is 0.895. The van der Waals surface area contributed by atoms with E-state index in [0.717, 1.165) is 29.8 Å². The van der Waals surface area contributed by atoms with Gasteiger partial charge in [-0.05, 0) is 6.42 Å². The fraction of sp³-hybridized carbons (Fsp3) is 0.625. The molecule has 10 nitrogen and oxygen atoms in total. The minimum atomic E-state index is -0.788. The Morgan fingerprint density at radius 3 is 2.67 bits per heavy atom. The molecule has 2 N–H and O–H groups in total. The van der Waals surface area contributed by atoms with Gasteiger partial charge in [0.05, 0.1) is 31.4 Å². The molecule has 0 radical (unpaired) electrons. The zero-order valence-electron chi connectivity index (χ0n) is 15.4. The fourth-order valence-electron chi connectivity index (χ4n) is 3.30. The van der Waals surface area contributed by atoms with E-state index in [1.54, 1.807) is 11.6 Å². The van der Waals surface area contributed by atoms with Crippen LogP contribution in [0.4, 0.5) is 0 Å². The van der Waals surface area contributed by atoms with Crippen LogP contribution in [0.3, 0.4) is 0 Å². The first kappa shape index (κ1) is 21.1. The number of aliphatic hydroxyl groups is 2. The number of aromatic nitrogens is 4. The Morgan fingerprint density at radius 1 is 1.30 bits per heavy atom. The first-order chi connectivity index (χ1) is 12.4. The highest BCUT2D eigenvalue weighted by molar-refractivity contribution is 5.85. The van der Waals surface area contributed by atoms with Gasteiger partial charge in [0, 0.05) is 40.2 Å². The number of aryl methyl sites for hydroxylation is 1. The molecule has 0 spiro atoms. The molecule has 3 heterocycles. The second-order valence-electron chi connectivity index (χ2n) is 6.50. The van der Waals surface area contributed by atoms with Crippen molar-refractivity contribution >= 4 is 29.4 Å². The van der Waals surface area contributed by atoms with Gasteiger partial charge in [-0.25, -0.2) is 9.78 Å². The van der Waals surface area contributed by atoms with Crippen molar-refractivity contribution in [1.29, 1.82) is 0 Å². The van der Waals surface area contributed by atoms with Crippen molar-refractivity contribution in [3.05, 3.63) is 27.2 Å². The lowest BCUT2D eigenvalue weighted by molar-refractivity contribution is 0.117. The molecule has 0 saturated heterocycles. The van der Waals surface area contributed by atoms with Crippen molar-refractivity contribution in [2.45, 2.75) is 25.5 Å². The largest absolute Gasteiger partial charge is 0.395 e. The third-order valence-corrected chi connectivity index (χ3v) is 4.64. The third kappa shape index (κ3) is 4.07. The molecular weight excluding hydrogens is 376 g/mol. The zero-order chi connectivity index (χ0) is 18.8. The van der Waals surface area contributed by atoms with Crippen LogP contribution in [0, 0.1) is 0 Å². The first-order valence-corrected chi connectivity index (χ1v) is 8.62. The van der Waals surface area contributed by atoms with E-state index in [1.807, 2.05) is 4.90 Å². The summed E-state index contributed by atoms with van der Waals surface area (Å²) in [6.45, 7) is 1.59. The number of aliphatic imine (C=N–C) groups is 1. The second kappa shape index (κ2) is 8.68. The molecule has 1 atom stereocenters. The Balaban J connectivity index is 0.00000261. The van der Waals surface area contributed by atoms with Gasteiger partial charge in [-0.15, -0.1) is 12.4 Å². The van der Waals surface area contributed by atoms with Gasteiger partial charge >= 0.3 is 5.69 Å². The topological polar surface area (TPSA) is 118 Å². The van der Waals surface area contributed by atoms with Gasteiger partial charge in [-0.3, -0.25) is 18.9 Å². The predicted molar refractivity (Wildman–Crippen MR) is 104 cm³/mol. The number of nitrogens with zero attached hydrogens (tertiary/aromatic N) is 6. The highest BCUT2D eigenvalue weighted by Crippen LogP contribution is 2.11. The van der Waals surface area contributed by atoms with E-state index in [0.29, 0.717) is 13.1 Å². The average molecular weight is 401 g/mol. The number of fused-ring (bicyclic) bond motifs is 1. The van der Waals surface area contributed by atoms with Crippen LogP contribution < -0.4 is 11.2 Å². The van der Waals surface area contributed by atoms with Crippen molar-refractivity contribution in [2.75, 3.05) is 26.2 Å². The van der Waals surface area contributed by atoms with E-state index in [1.165, 1.54) is 17.9 Å². The SMILES string of the molecule is Cl.Cn1c(=O)c2c(ncn2CC(O)CN(CCO)C2=NCCC2)n(C)c1=O. The van der Waals surface area contributed by atoms with Crippen LogP contribution in [0.15, 0.2) is 20.9 Å². The number of rotatable bonds is 6. The molecule has 150 valence electrons. The Kier molecular flexibility index (Phi) is 6.79. The molecular formula is C16H25ClN6O4. The van der Waals surface area contributed by atoms with Gasteiger partial charge in [-0.1, -0.05) is 0 Å². The van der Waals surface area contributed by atoms with Crippen LogP contribution in [0.1, 0.15) is 12.8 Å². The monoisotopic (exact) mass is 400 g/mol. The average Bonchev–Trinajstić information content (AvgIpc) is 3.28. The first-order valence-electron chi connectivity index (χ1n) is 8.62. The van der Waals surface area contributed by atoms with Crippen molar-refractivity contribution in [1.82, 2.24) is 23.6 Å². The molecule has 0 aliphatic carbocycles. The highest BCUT2D eigenvalue weighted by Gasteiger charge is 2.20. The molecule has 0 amide bonds. The van der Waals surface area contributed by atoms with Crippen molar-refractivity contribution in [2.24, 2.45) is 19.1 Å². The Hall–Kier alpha value is -2.17. The normalized spacial score (nSPS) is 14.9. The summed E-state index contributed by atoms with van der Waals surface area (Å²) in [6.07, 6.45) is 2.48. The lowest BCUT2D eigenvalue weighted by Gasteiger charge is -2.26. The highest BCUT2D eigenvalue weighted by atomic mass is 35.5. The van der Waals surface area contributed by atoms with E-state index < -0.39 is 17.4 Å². The summed E-state index contributed by atoms with van der Waals surface area (Å²) in [5, 5.41) is 19.8. The van der Waals surface area contributed by atoms with E-state index in [-0.39, 0.29) is 36.7 Å². The maximum Gasteiger partial charge on any atom is 0.332 e. The van der Waals surface area contributed by atoms with Crippen LogP contribution in [-0.2, 0) is 20.6 Å². The van der Waals surface area contributed by atoms with Crippen LogP contribution >= 0.6 is 12.4 Å². The van der Waals surface area contributed by atoms with Gasteiger partial charge in [0.2, 0.25) is 0 Å². The lowest BCUT2D eigenvalue weighted by Crippen LogP contribution is -2.41. The van der Waals surface area contributed by atoms with Crippen molar-refractivity contribution in [3.63, 3.8) is 0 Å². The number of amidine groups is 1. The molecule has 0 aromatic carbocycles. The molecule has 11 heteroatoms. The molecule has 1 aliphatic rings. The molecule has 2 aromatic rings. The summed E-state index contributed by atoms with van der Waals surface area (Å²) in [7, 11) is 2.97. The molecule has 0 saturated carbocycles. The molecule has 0 bridgehead atoms. The predicted octanol–water partition coefficient (Wildman–Crippen LogP) is -1.30. The number of hydrogen-bond donors (Lipinski definition) is 2. The summed E-state index contributed by atoms with van der Waals surface area (Å²) in [4.78, 5) is 34.9. The molecule has 3 rings (SSSR count). The summed E-state index contributed by atoms with van der Waals surface area (Å²) in [5.41, 5.74) is -0.319. The van der Waals surface area contributed by atoms with E-state index in [2.05, 4.69) is 9.98 Å². The number of hydrogen-bond acceptors (Lipinski definition) is 7. The summed E-state index contributed by atoms with van der Waals surface area (Å²) in [6, 6.07) is 0. The second-order valence-corrected chi connectivity index (χ2v) is 6.50.